The molecule has 5 heteroatoms. The number of sulfone groups is 1. The largest absolute Gasteiger partial charge is 0.294 e. The van der Waals surface area contributed by atoms with E-state index in [2.05, 4.69) is 4.98 Å². The van der Waals surface area contributed by atoms with Crippen LogP contribution in [-0.2, 0) is 9.84 Å². The number of carbonyl (C=O) groups is 1. The summed E-state index contributed by atoms with van der Waals surface area (Å²) in [7, 11) is -3.05. The van der Waals surface area contributed by atoms with Crippen molar-refractivity contribution in [3.63, 3.8) is 0 Å². The Hall–Kier alpha value is -1.23. The number of pyridine rings is 1. The van der Waals surface area contributed by atoms with Crippen LogP contribution >= 0.6 is 0 Å². The minimum Gasteiger partial charge on any atom is -0.294 e. The Bertz CT molecular complexity index is 580. The van der Waals surface area contributed by atoms with Crippen molar-refractivity contribution >= 4 is 15.6 Å². The number of hydrogen-bond donors (Lipinski definition) is 0. The summed E-state index contributed by atoms with van der Waals surface area (Å²) >= 11 is 0. The van der Waals surface area contributed by atoms with Crippen molar-refractivity contribution in [1.82, 2.24) is 4.98 Å². The number of nitrogens with zero attached hydrogens (tertiary/aromatic N) is 1. The Morgan fingerprint density at radius 2 is 2.05 bits per heavy atom. The lowest BCUT2D eigenvalue weighted by molar-refractivity contribution is 0.0890. The highest BCUT2D eigenvalue weighted by Gasteiger charge is 2.32. The molecule has 0 N–H and O–H groups in total. The lowest BCUT2D eigenvalue weighted by atomic mass is 9.84. The minimum absolute atomic E-state index is 0.0320. The second-order valence-electron chi connectivity index (χ2n) is 5.43. The SMILES string of the molecule is Cc1cncc(C(=O)C2CCCC(S(C)(=O)=O)C2)c1. The molecule has 0 aromatic carbocycles. The van der Waals surface area contributed by atoms with Gasteiger partial charge in [-0.1, -0.05) is 6.42 Å². The molecule has 0 aliphatic heterocycles. The molecule has 2 rings (SSSR count). The molecule has 2 unspecified atom stereocenters. The summed E-state index contributed by atoms with van der Waals surface area (Å²) < 4.78 is 23.2. The molecule has 0 spiro atoms. The summed E-state index contributed by atoms with van der Waals surface area (Å²) in [5.74, 6) is -0.151. The summed E-state index contributed by atoms with van der Waals surface area (Å²) in [5, 5.41) is -0.368. The second-order valence-corrected chi connectivity index (χ2v) is 7.76. The number of Topliss-reactive ketones (excluding diaryl/α,β-unsaturated/α-hetero) is 1. The fourth-order valence-corrected chi connectivity index (χ4v) is 3.87. The second kappa shape index (κ2) is 5.41. The van der Waals surface area contributed by atoms with Crippen molar-refractivity contribution in [2.45, 2.75) is 37.9 Å². The van der Waals surface area contributed by atoms with E-state index in [-0.39, 0.29) is 17.0 Å². The first-order valence-electron chi connectivity index (χ1n) is 6.52. The summed E-state index contributed by atoms with van der Waals surface area (Å²) in [6.45, 7) is 1.89. The van der Waals surface area contributed by atoms with Crippen molar-refractivity contribution in [1.29, 1.82) is 0 Å². The maximum atomic E-state index is 12.4. The van der Waals surface area contributed by atoms with Crippen LogP contribution < -0.4 is 0 Å². The molecule has 1 aromatic rings. The van der Waals surface area contributed by atoms with E-state index < -0.39 is 9.84 Å². The number of ketones is 1. The van der Waals surface area contributed by atoms with Gasteiger partial charge in [-0.3, -0.25) is 9.78 Å². The number of aromatic nitrogens is 1. The number of rotatable bonds is 3. The summed E-state index contributed by atoms with van der Waals surface area (Å²) in [6, 6.07) is 1.82. The van der Waals surface area contributed by atoms with Gasteiger partial charge in [-0.05, 0) is 37.8 Å². The van der Waals surface area contributed by atoms with E-state index in [1.807, 2.05) is 13.0 Å². The maximum absolute atomic E-state index is 12.4. The van der Waals surface area contributed by atoms with Crippen LogP contribution in [0.4, 0.5) is 0 Å². The van der Waals surface area contributed by atoms with Crippen LogP contribution in [0.2, 0.25) is 0 Å². The van der Waals surface area contributed by atoms with Gasteiger partial charge < -0.3 is 0 Å². The van der Waals surface area contributed by atoms with Crippen molar-refractivity contribution in [2.24, 2.45) is 5.92 Å². The topological polar surface area (TPSA) is 64.1 Å². The van der Waals surface area contributed by atoms with E-state index in [1.54, 1.807) is 12.4 Å². The Kier molecular flexibility index (Phi) is 4.04. The highest BCUT2D eigenvalue weighted by atomic mass is 32.2. The molecule has 4 nitrogen and oxygen atoms in total. The smallest absolute Gasteiger partial charge is 0.167 e. The van der Waals surface area contributed by atoms with Crippen molar-refractivity contribution in [2.75, 3.05) is 6.26 Å². The first-order valence-corrected chi connectivity index (χ1v) is 8.48. The zero-order valence-electron chi connectivity index (χ0n) is 11.3. The van der Waals surface area contributed by atoms with Crippen LogP contribution in [0.15, 0.2) is 18.5 Å². The van der Waals surface area contributed by atoms with Gasteiger partial charge in [0.15, 0.2) is 5.78 Å². The molecule has 0 amide bonds. The third kappa shape index (κ3) is 3.41. The Labute approximate surface area is 114 Å². The standard InChI is InChI=1S/C14H19NO3S/c1-10-6-12(9-15-8-10)14(16)11-4-3-5-13(7-11)19(2,17)18/h6,8-9,11,13H,3-5,7H2,1-2H3. The molecule has 0 saturated heterocycles. The molecule has 1 fully saturated rings. The molecule has 104 valence electrons. The van der Waals surface area contributed by atoms with E-state index in [1.165, 1.54) is 6.26 Å². The third-order valence-electron chi connectivity index (χ3n) is 3.76. The van der Waals surface area contributed by atoms with Gasteiger partial charge in [0.2, 0.25) is 0 Å². The van der Waals surface area contributed by atoms with Crippen LogP contribution in [0.25, 0.3) is 0 Å². The number of hydrogen-bond acceptors (Lipinski definition) is 4. The fraction of sp³-hybridized carbons (Fsp3) is 0.571. The lowest BCUT2D eigenvalue weighted by Gasteiger charge is -2.27. The van der Waals surface area contributed by atoms with Gasteiger partial charge in [-0.15, -0.1) is 0 Å². The summed E-state index contributed by atoms with van der Waals surface area (Å²) in [4.78, 5) is 16.4. The molecule has 1 saturated carbocycles. The highest BCUT2D eigenvalue weighted by Crippen LogP contribution is 2.30. The van der Waals surface area contributed by atoms with E-state index >= 15 is 0 Å². The number of aryl methyl sites for hydroxylation is 1. The minimum atomic E-state index is -3.05. The normalized spacial score (nSPS) is 24.1. The molecule has 0 radical (unpaired) electrons. The highest BCUT2D eigenvalue weighted by molar-refractivity contribution is 7.91. The first-order chi connectivity index (χ1) is 8.88. The van der Waals surface area contributed by atoms with Gasteiger partial charge >= 0.3 is 0 Å². The predicted octanol–water partition coefficient (Wildman–Crippen LogP) is 2.18. The molecule has 1 heterocycles. The van der Waals surface area contributed by atoms with Gasteiger partial charge in [0, 0.05) is 30.1 Å². The zero-order valence-corrected chi connectivity index (χ0v) is 12.1. The molecule has 1 aliphatic carbocycles. The Morgan fingerprint density at radius 1 is 1.32 bits per heavy atom. The van der Waals surface area contributed by atoms with Crippen LogP contribution in [0.5, 0.6) is 0 Å². The molecule has 0 bridgehead atoms. The van der Waals surface area contributed by atoms with Crippen molar-refractivity contribution in [3.05, 3.63) is 29.6 Å². The maximum Gasteiger partial charge on any atom is 0.167 e. The zero-order chi connectivity index (χ0) is 14.0. The van der Waals surface area contributed by atoms with Crippen LogP contribution in [-0.4, -0.2) is 30.7 Å². The van der Waals surface area contributed by atoms with E-state index in [9.17, 15) is 13.2 Å². The lowest BCUT2D eigenvalue weighted by Crippen LogP contribution is -2.31. The molecular formula is C14H19NO3S. The van der Waals surface area contributed by atoms with Gasteiger partial charge in [0.05, 0.1) is 5.25 Å². The van der Waals surface area contributed by atoms with Crippen molar-refractivity contribution in [3.8, 4) is 0 Å². The Morgan fingerprint density at radius 3 is 2.68 bits per heavy atom. The van der Waals surface area contributed by atoms with E-state index in [0.717, 1.165) is 18.4 Å². The monoisotopic (exact) mass is 281 g/mol. The fourth-order valence-electron chi connectivity index (χ4n) is 2.70. The average Bonchev–Trinajstić information content (AvgIpc) is 2.37. The predicted molar refractivity (Wildman–Crippen MR) is 73.9 cm³/mol. The number of carbonyl (C=O) groups excluding carboxylic acids is 1. The van der Waals surface area contributed by atoms with Crippen LogP contribution in [0.3, 0.4) is 0 Å². The van der Waals surface area contributed by atoms with Crippen LogP contribution in [0, 0.1) is 12.8 Å². The molecule has 19 heavy (non-hydrogen) atoms. The first kappa shape index (κ1) is 14.2. The van der Waals surface area contributed by atoms with Crippen LogP contribution in [0.1, 0.15) is 41.6 Å². The van der Waals surface area contributed by atoms with E-state index in [0.29, 0.717) is 18.4 Å². The van der Waals surface area contributed by atoms with Gasteiger partial charge in [0.1, 0.15) is 9.84 Å². The quantitative estimate of drug-likeness (QED) is 0.797. The van der Waals surface area contributed by atoms with Gasteiger partial charge in [-0.25, -0.2) is 8.42 Å². The summed E-state index contributed by atoms with van der Waals surface area (Å²) in [5.41, 5.74) is 1.54. The summed E-state index contributed by atoms with van der Waals surface area (Å²) in [6.07, 6.45) is 7.24. The molecule has 1 aromatic heterocycles. The average molecular weight is 281 g/mol. The van der Waals surface area contributed by atoms with Gasteiger partial charge in [-0.2, -0.15) is 0 Å². The molecular weight excluding hydrogens is 262 g/mol. The van der Waals surface area contributed by atoms with E-state index in [4.69, 9.17) is 0 Å². The molecule has 1 aliphatic rings. The van der Waals surface area contributed by atoms with Gasteiger partial charge in [0.25, 0.3) is 0 Å². The Balaban J connectivity index is 2.16. The molecule has 2 atom stereocenters. The van der Waals surface area contributed by atoms with Crippen molar-refractivity contribution < 1.29 is 13.2 Å². The third-order valence-corrected chi connectivity index (χ3v) is 5.40.